The van der Waals surface area contributed by atoms with E-state index < -0.39 is 0 Å². The molecule has 1 unspecified atom stereocenters. The largest absolute Gasteiger partial charge is 0.310 e. The molecule has 1 aromatic heterocycles. The van der Waals surface area contributed by atoms with Crippen molar-refractivity contribution >= 4 is 0 Å². The lowest BCUT2D eigenvalue weighted by Crippen LogP contribution is -2.22. The molecule has 0 fully saturated rings. The molecule has 3 heteroatoms. The van der Waals surface area contributed by atoms with Crippen LogP contribution in [0.3, 0.4) is 0 Å². The van der Waals surface area contributed by atoms with Gasteiger partial charge in [-0.3, -0.25) is 4.68 Å². The van der Waals surface area contributed by atoms with Crippen LogP contribution in [0.4, 0.5) is 0 Å². The average Bonchev–Trinajstić information content (AvgIpc) is 2.62. The number of hydrogen-bond donors (Lipinski definition) is 1. The van der Waals surface area contributed by atoms with E-state index in [1.165, 1.54) is 49.8 Å². The Balaban J connectivity index is 2.17. The third-order valence-electron chi connectivity index (χ3n) is 3.59. The molecule has 1 N–H and O–H groups in total. The Morgan fingerprint density at radius 3 is 3.00 bits per heavy atom. The number of aromatic nitrogens is 2. The summed E-state index contributed by atoms with van der Waals surface area (Å²) in [5.74, 6) is 0. The van der Waals surface area contributed by atoms with Gasteiger partial charge in [0.05, 0.1) is 6.20 Å². The maximum Gasteiger partial charge on any atom is 0.0540 e. The van der Waals surface area contributed by atoms with Crippen LogP contribution in [0, 0.1) is 0 Å². The molecular weight excluding hydrogens is 210 g/mol. The summed E-state index contributed by atoms with van der Waals surface area (Å²) in [7, 11) is 0. The molecule has 3 nitrogen and oxygen atoms in total. The van der Waals surface area contributed by atoms with Crippen molar-refractivity contribution in [3.63, 3.8) is 0 Å². The molecule has 1 aliphatic carbocycles. The number of nitrogens with zero attached hydrogens (tertiary/aromatic N) is 2. The smallest absolute Gasteiger partial charge is 0.0540 e. The van der Waals surface area contributed by atoms with Crippen molar-refractivity contribution in [1.29, 1.82) is 0 Å². The van der Waals surface area contributed by atoms with Crippen molar-refractivity contribution in [2.24, 2.45) is 0 Å². The third kappa shape index (κ3) is 2.89. The lowest BCUT2D eigenvalue weighted by Gasteiger charge is -2.16. The Kier molecular flexibility index (Phi) is 4.60. The molecule has 2 rings (SSSR count). The predicted octanol–water partition coefficient (Wildman–Crippen LogP) is 3.06. The summed E-state index contributed by atoms with van der Waals surface area (Å²) in [4.78, 5) is 0. The molecule has 1 aromatic rings. The van der Waals surface area contributed by atoms with E-state index in [0.29, 0.717) is 6.04 Å². The fourth-order valence-electron chi connectivity index (χ4n) is 2.72. The summed E-state index contributed by atoms with van der Waals surface area (Å²) in [6, 6.07) is 0.540. The van der Waals surface area contributed by atoms with Crippen LogP contribution in [0.1, 0.15) is 63.3 Å². The zero-order valence-corrected chi connectivity index (χ0v) is 11.2. The minimum atomic E-state index is 0.540. The fourth-order valence-corrected chi connectivity index (χ4v) is 2.72. The molecule has 0 aliphatic heterocycles. The van der Waals surface area contributed by atoms with Gasteiger partial charge in [0.1, 0.15) is 0 Å². The van der Waals surface area contributed by atoms with Crippen LogP contribution in [0.25, 0.3) is 0 Å². The molecule has 0 spiro atoms. The van der Waals surface area contributed by atoms with E-state index in [2.05, 4.69) is 35.1 Å². The first-order chi connectivity index (χ1) is 8.36. The van der Waals surface area contributed by atoms with E-state index in [-0.39, 0.29) is 0 Å². The molecule has 0 saturated carbocycles. The van der Waals surface area contributed by atoms with Crippen molar-refractivity contribution in [1.82, 2.24) is 15.1 Å². The van der Waals surface area contributed by atoms with Gasteiger partial charge in [-0.15, -0.1) is 0 Å². The standard InChI is InChI=1S/C14H25N3/c1-3-9-15-13-7-5-6-8-14-12(13)11-16-17(14)10-4-2/h11,13,15H,3-10H2,1-2H3. The number of nitrogens with one attached hydrogen (secondary N) is 1. The van der Waals surface area contributed by atoms with Gasteiger partial charge in [-0.05, 0) is 38.6 Å². The monoisotopic (exact) mass is 235 g/mol. The second kappa shape index (κ2) is 6.20. The quantitative estimate of drug-likeness (QED) is 0.795. The molecular formula is C14H25N3. The maximum atomic E-state index is 4.56. The number of aryl methyl sites for hydroxylation is 1. The Morgan fingerprint density at radius 2 is 2.24 bits per heavy atom. The second-order valence-electron chi connectivity index (χ2n) is 5.02. The van der Waals surface area contributed by atoms with Gasteiger partial charge in [0, 0.05) is 23.8 Å². The number of hydrogen-bond acceptors (Lipinski definition) is 2. The Morgan fingerprint density at radius 1 is 1.35 bits per heavy atom. The second-order valence-corrected chi connectivity index (χ2v) is 5.02. The van der Waals surface area contributed by atoms with Crippen LogP contribution in [0.15, 0.2) is 6.20 Å². The average molecular weight is 235 g/mol. The minimum absolute atomic E-state index is 0.540. The highest BCUT2D eigenvalue weighted by atomic mass is 15.3. The van der Waals surface area contributed by atoms with Gasteiger partial charge in [0.25, 0.3) is 0 Å². The van der Waals surface area contributed by atoms with Crippen molar-refractivity contribution in [2.45, 2.75) is 65.0 Å². The van der Waals surface area contributed by atoms with E-state index in [9.17, 15) is 0 Å². The minimum Gasteiger partial charge on any atom is -0.310 e. The van der Waals surface area contributed by atoms with Crippen molar-refractivity contribution < 1.29 is 0 Å². The highest BCUT2D eigenvalue weighted by Crippen LogP contribution is 2.28. The molecule has 0 bridgehead atoms. The molecule has 0 amide bonds. The molecule has 1 aliphatic rings. The van der Waals surface area contributed by atoms with Gasteiger partial charge in [0.2, 0.25) is 0 Å². The van der Waals surface area contributed by atoms with E-state index >= 15 is 0 Å². The van der Waals surface area contributed by atoms with Gasteiger partial charge in [0.15, 0.2) is 0 Å². The van der Waals surface area contributed by atoms with Gasteiger partial charge in [-0.2, -0.15) is 5.10 Å². The van der Waals surface area contributed by atoms with E-state index in [4.69, 9.17) is 0 Å². The van der Waals surface area contributed by atoms with Crippen LogP contribution < -0.4 is 5.32 Å². The van der Waals surface area contributed by atoms with E-state index in [0.717, 1.165) is 13.1 Å². The molecule has 96 valence electrons. The number of rotatable bonds is 5. The van der Waals surface area contributed by atoms with Crippen LogP contribution in [0.2, 0.25) is 0 Å². The van der Waals surface area contributed by atoms with Crippen molar-refractivity contribution in [3.8, 4) is 0 Å². The third-order valence-corrected chi connectivity index (χ3v) is 3.59. The Labute approximate surface area is 105 Å². The van der Waals surface area contributed by atoms with Crippen LogP contribution in [0.5, 0.6) is 0 Å². The first-order valence-corrected chi connectivity index (χ1v) is 7.14. The highest BCUT2D eigenvalue weighted by Gasteiger charge is 2.21. The van der Waals surface area contributed by atoms with Gasteiger partial charge < -0.3 is 5.32 Å². The molecule has 1 atom stereocenters. The summed E-state index contributed by atoms with van der Waals surface area (Å²) in [5, 5.41) is 8.23. The van der Waals surface area contributed by atoms with Gasteiger partial charge >= 0.3 is 0 Å². The van der Waals surface area contributed by atoms with Gasteiger partial charge in [-0.1, -0.05) is 20.3 Å². The highest BCUT2D eigenvalue weighted by molar-refractivity contribution is 5.23. The molecule has 0 aromatic carbocycles. The van der Waals surface area contributed by atoms with E-state index in [1.807, 2.05) is 0 Å². The summed E-state index contributed by atoms with van der Waals surface area (Å²) >= 11 is 0. The maximum absolute atomic E-state index is 4.56. The Bertz CT molecular complexity index is 343. The number of fused-ring (bicyclic) bond motifs is 1. The summed E-state index contributed by atoms with van der Waals surface area (Å²) in [5.41, 5.74) is 2.95. The van der Waals surface area contributed by atoms with Crippen molar-refractivity contribution in [3.05, 3.63) is 17.5 Å². The van der Waals surface area contributed by atoms with E-state index in [1.54, 1.807) is 0 Å². The van der Waals surface area contributed by atoms with Crippen LogP contribution >= 0.6 is 0 Å². The summed E-state index contributed by atoms with van der Waals surface area (Å²) in [6.45, 7) is 6.63. The predicted molar refractivity (Wildman–Crippen MR) is 71.1 cm³/mol. The normalized spacial score (nSPS) is 20.0. The van der Waals surface area contributed by atoms with Crippen molar-refractivity contribution in [2.75, 3.05) is 6.54 Å². The topological polar surface area (TPSA) is 29.9 Å². The summed E-state index contributed by atoms with van der Waals surface area (Å²) in [6.07, 6.45) is 9.60. The van der Waals surface area contributed by atoms with Crippen LogP contribution in [-0.4, -0.2) is 16.3 Å². The first-order valence-electron chi connectivity index (χ1n) is 7.14. The van der Waals surface area contributed by atoms with Crippen LogP contribution in [-0.2, 0) is 13.0 Å². The SMILES string of the molecule is CCCNC1CCCCc2c1cnn2CCC. The molecule has 1 heterocycles. The molecule has 17 heavy (non-hydrogen) atoms. The summed E-state index contributed by atoms with van der Waals surface area (Å²) < 4.78 is 2.22. The fraction of sp³-hybridized carbons (Fsp3) is 0.786. The zero-order chi connectivity index (χ0) is 12.1. The molecule has 0 saturated heterocycles. The van der Waals surface area contributed by atoms with Gasteiger partial charge in [-0.25, -0.2) is 0 Å². The Hall–Kier alpha value is -0.830. The first kappa shape index (κ1) is 12.6. The molecule has 0 radical (unpaired) electrons. The lowest BCUT2D eigenvalue weighted by molar-refractivity contribution is 0.489. The lowest BCUT2D eigenvalue weighted by atomic mass is 10.1. The zero-order valence-electron chi connectivity index (χ0n) is 11.2.